The number of fused-ring (bicyclic) bond motifs is 1. The van der Waals surface area contributed by atoms with Gasteiger partial charge in [-0.05, 0) is 105 Å². The highest BCUT2D eigenvalue weighted by Gasteiger charge is 2.51. The molecule has 98 heavy (non-hydrogen) atoms. The molecule has 0 bridgehead atoms. The summed E-state index contributed by atoms with van der Waals surface area (Å²) in [7, 11) is 9.66. The maximum absolute atomic E-state index is 15.4. The minimum Gasteiger partial charge on any atom is -0.343 e. The predicted octanol–water partition coefficient (Wildman–Crippen LogP) is 4.77. The van der Waals surface area contributed by atoms with Crippen molar-refractivity contribution < 1.29 is 70.7 Å². The van der Waals surface area contributed by atoms with E-state index < -0.39 is 173 Å². The first-order valence-electron chi connectivity index (χ1n) is 34.2. The van der Waals surface area contributed by atoms with Crippen LogP contribution in [0.15, 0.2) is 48.5 Å². The topological polar surface area (TPSA) is 270 Å². The molecule has 3 aliphatic heterocycles. The Kier molecular flexibility index (Phi) is 28.1. The lowest BCUT2D eigenvalue weighted by atomic mass is 9.91. The van der Waals surface area contributed by atoms with E-state index in [0.717, 1.165) is 38.2 Å². The Balaban J connectivity index is 1.42. The molecule has 28 heteroatoms. The maximum atomic E-state index is 15.4. The molecular formula is C70H102ClF3N12O12. The van der Waals surface area contributed by atoms with Crippen molar-refractivity contribution in [3.05, 3.63) is 70.2 Å². The lowest BCUT2D eigenvalue weighted by molar-refractivity contribution is -0.156. The number of alkyl halides is 3. The zero-order valence-electron chi connectivity index (χ0n) is 59.2. The number of amides is 12. The second-order valence-electron chi connectivity index (χ2n) is 28.0. The standard InChI is InChI=1S/C70H102ClF3N12O12/c1-14-45(6)59-66(96)80(9)41-57(89)78(7)42-58(90)82(11)53(38-46-24-17-15-18-25-46)64(94)79(8)40-55(87)75-50(30-28-47-27-29-48(49(71)37-47)70(72,73)74)63(93)86-35-23-26-51(86)62(92)77-69(31-19-20-32-69)68(98)84(13)60(44(4)5)67(97)83(12)54(65(95)85-33-21-16-22-34-85)39-56(88)81(10)52(36-43(2)3)61(91)76-59/h15,17-18,24-25,27,29,37,43-45,50-54,59-60H,14,16,19-23,26,28,30-36,38-42H2,1-13H3,(H,75,87)(H,76,91)(H,77,92)/t45-,50-,51-,52-,53-,54-,59-,60-/m0/s1. The van der Waals surface area contributed by atoms with Crippen molar-refractivity contribution in [2.45, 2.75) is 192 Å². The van der Waals surface area contributed by atoms with E-state index in [1.165, 1.54) is 75.0 Å². The fourth-order valence-electron chi connectivity index (χ4n) is 13.7. The van der Waals surface area contributed by atoms with Gasteiger partial charge in [0, 0.05) is 75.4 Å². The lowest BCUT2D eigenvalue weighted by Crippen LogP contribution is -2.65. The van der Waals surface area contributed by atoms with Gasteiger partial charge in [-0.25, -0.2) is 0 Å². The second-order valence-corrected chi connectivity index (χ2v) is 28.4. The van der Waals surface area contributed by atoms with E-state index in [1.54, 1.807) is 56.0 Å². The van der Waals surface area contributed by atoms with Crippen LogP contribution in [-0.2, 0) is 76.6 Å². The van der Waals surface area contributed by atoms with E-state index in [0.29, 0.717) is 57.2 Å². The van der Waals surface area contributed by atoms with Crippen LogP contribution < -0.4 is 16.0 Å². The van der Waals surface area contributed by atoms with Crippen LogP contribution in [0.1, 0.15) is 142 Å². The average Bonchev–Trinajstić information content (AvgIpc) is 1.30. The van der Waals surface area contributed by atoms with Gasteiger partial charge in [-0.1, -0.05) is 109 Å². The van der Waals surface area contributed by atoms with E-state index in [1.807, 2.05) is 20.8 Å². The molecule has 4 fully saturated rings. The maximum Gasteiger partial charge on any atom is 0.417 e. The number of aryl methyl sites for hydroxylation is 1. The molecular weight excluding hydrogens is 1290 g/mol. The lowest BCUT2D eigenvalue weighted by Gasteiger charge is -2.42. The number of carbonyl (C=O) groups is 12. The highest BCUT2D eigenvalue weighted by molar-refractivity contribution is 6.31. The van der Waals surface area contributed by atoms with Crippen molar-refractivity contribution >= 4 is 82.5 Å². The van der Waals surface area contributed by atoms with Crippen LogP contribution in [0.2, 0.25) is 5.02 Å². The number of hydrogen-bond donors (Lipinski definition) is 3. The largest absolute Gasteiger partial charge is 0.417 e. The quantitative estimate of drug-likeness (QED) is 0.275. The molecule has 1 spiro atoms. The van der Waals surface area contributed by atoms with E-state index in [-0.39, 0.29) is 63.0 Å². The van der Waals surface area contributed by atoms with E-state index in [9.17, 15) is 56.3 Å². The summed E-state index contributed by atoms with van der Waals surface area (Å²) in [5, 5.41) is 8.02. The summed E-state index contributed by atoms with van der Waals surface area (Å²) in [5.74, 6) is -9.52. The third-order valence-electron chi connectivity index (χ3n) is 19.9. The first-order valence-corrected chi connectivity index (χ1v) is 34.6. The van der Waals surface area contributed by atoms with E-state index >= 15 is 14.4 Å². The Morgan fingerprint density at radius 2 is 1.24 bits per heavy atom. The second kappa shape index (κ2) is 34.8. The molecule has 6 rings (SSSR count). The Morgan fingerprint density at radius 1 is 0.633 bits per heavy atom. The smallest absolute Gasteiger partial charge is 0.343 e. The molecule has 24 nitrogen and oxygen atoms in total. The Labute approximate surface area is 579 Å². The molecule has 0 unspecified atom stereocenters. The number of likely N-dealkylation sites (tertiary alicyclic amines) is 1. The SMILES string of the molecule is CC[C@H](C)[C@@H]1NC(=O)[C@H](CC(C)C)N(C)C(=O)C[C@@H](C(=O)N2CCCCC2)N(C)C(=O)[C@H](C(C)C)N(C)C(=O)C2(CCCC2)NC(=O)[C@@H]2CCCN2C(=O)[C@H](CCc2ccc(C(F)(F)F)c(Cl)c2)NC(=O)CN(C)C(=O)[C@H](Cc2ccccc2)N(C)C(=O)CN(C)C(=O)CN(C)C1=O. The van der Waals surface area contributed by atoms with Gasteiger partial charge >= 0.3 is 6.18 Å². The van der Waals surface area contributed by atoms with Crippen molar-refractivity contribution in [3.8, 4) is 0 Å². The molecule has 12 amide bonds. The zero-order valence-corrected chi connectivity index (χ0v) is 59.9. The molecule has 3 N–H and O–H groups in total. The van der Waals surface area contributed by atoms with Crippen molar-refractivity contribution in [2.75, 3.05) is 88.6 Å². The third kappa shape index (κ3) is 19.7. The van der Waals surface area contributed by atoms with Crippen molar-refractivity contribution in [1.29, 1.82) is 0 Å². The summed E-state index contributed by atoms with van der Waals surface area (Å²) < 4.78 is 41.5. The van der Waals surface area contributed by atoms with Gasteiger partial charge in [0.2, 0.25) is 70.9 Å². The van der Waals surface area contributed by atoms with Gasteiger partial charge in [-0.3, -0.25) is 57.5 Å². The molecule has 2 aromatic rings. The van der Waals surface area contributed by atoms with Gasteiger partial charge in [-0.15, -0.1) is 0 Å². The van der Waals surface area contributed by atoms with Gasteiger partial charge in [0.1, 0.15) is 47.8 Å². The van der Waals surface area contributed by atoms with Crippen LogP contribution in [-0.4, -0.2) is 251 Å². The minimum absolute atomic E-state index is 0.0158. The van der Waals surface area contributed by atoms with Crippen molar-refractivity contribution in [1.82, 2.24) is 60.0 Å². The molecule has 3 saturated heterocycles. The van der Waals surface area contributed by atoms with Crippen LogP contribution >= 0.6 is 11.6 Å². The molecule has 542 valence electrons. The molecule has 3 heterocycles. The van der Waals surface area contributed by atoms with Gasteiger partial charge < -0.3 is 60.0 Å². The van der Waals surface area contributed by atoms with E-state index in [2.05, 4.69) is 16.0 Å². The first-order chi connectivity index (χ1) is 46.0. The van der Waals surface area contributed by atoms with Crippen LogP contribution in [0.3, 0.4) is 0 Å². The number of carbonyl (C=O) groups excluding carboxylic acids is 12. The van der Waals surface area contributed by atoms with Crippen molar-refractivity contribution in [2.24, 2.45) is 17.8 Å². The molecule has 4 aliphatic rings. The molecule has 0 aromatic heterocycles. The third-order valence-corrected chi connectivity index (χ3v) is 20.2. The molecule has 1 aliphatic carbocycles. The van der Waals surface area contributed by atoms with Crippen LogP contribution in [0.4, 0.5) is 13.2 Å². The normalized spacial score (nSPS) is 25.0. The number of halogens is 4. The Morgan fingerprint density at radius 3 is 1.84 bits per heavy atom. The van der Waals surface area contributed by atoms with E-state index in [4.69, 9.17) is 11.6 Å². The van der Waals surface area contributed by atoms with Crippen LogP contribution in [0.25, 0.3) is 0 Å². The van der Waals surface area contributed by atoms with Crippen LogP contribution in [0.5, 0.6) is 0 Å². The number of nitrogens with one attached hydrogen (secondary N) is 3. The summed E-state index contributed by atoms with van der Waals surface area (Å²) in [6, 6.07) is 2.76. The molecule has 1 saturated carbocycles. The zero-order chi connectivity index (χ0) is 72.8. The molecule has 8 atom stereocenters. The van der Waals surface area contributed by atoms with Crippen LogP contribution in [0, 0.1) is 17.8 Å². The molecule has 0 radical (unpaired) electrons. The fraction of sp³-hybridized carbons (Fsp3) is 0.657. The average molecular weight is 1400 g/mol. The Bertz CT molecular complexity index is 3220. The summed E-state index contributed by atoms with van der Waals surface area (Å²) in [4.78, 5) is 188. The highest BCUT2D eigenvalue weighted by atomic mass is 35.5. The number of hydrogen-bond acceptors (Lipinski definition) is 12. The number of likely N-dealkylation sites (N-methyl/N-ethyl adjacent to an activating group) is 7. The molecule has 2 aromatic carbocycles. The number of piperidine rings is 1. The number of benzene rings is 2. The first kappa shape index (κ1) is 79.1. The van der Waals surface area contributed by atoms with Gasteiger partial charge in [-0.2, -0.15) is 13.2 Å². The summed E-state index contributed by atoms with van der Waals surface area (Å²) in [6.07, 6.45) is -1.30. The monoisotopic (exact) mass is 1390 g/mol. The highest BCUT2D eigenvalue weighted by Crippen LogP contribution is 2.37. The van der Waals surface area contributed by atoms with Crippen molar-refractivity contribution in [3.63, 3.8) is 0 Å². The fourth-order valence-corrected chi connectivity index (χ4v) is 14.0. The number of rotatable bonds is 11. The minimum atomic E-state index is -4.77. The number of nitrogens with zero attached hydrogens (tertiary/aromatic N) is 9. The Hall–Kier alpha value is -7.84. The summed E-state index contributed by atoms with van der Waals surface area (Å²) in [5.41, 5.74) is -1.77. The summed E-state index contributed by atoms with van der Waals surface area (Å²) >= 11 is 6.13. The summed E-state index contributed by atoms with van der Waals surface area (Å²) in [6.45, 7) is 9.64. The van der Waals surface area contributed by atoms with Gasteiger partial charge in [0.25, 0.3) is 0 Å². The van der Waals surface area contributed by atoms with Gasteiger partial charge in [0.15, 0.2) is 0 Å². The van der Waals surface area contributed by atoms with Gasteiger partial charge in [0.05, 0.1) is 36.6 Å². The predicted molar refractivity (Wildman–Crippen MR) is 361 cm³/mol.